The molecule has 0 radical (unpaired) electrons. The molecule has 1 aliphatic carbocycles. The fourth-order valence-electron chi connectivity index (χ4n) is 2.06. The average Bonchev–Trinajstić information content (AvgIpc) is 3.10. The predicted octanol–water partition coefficient (Wildman–Crippen LogP) is 2.11. The molecule has 0 aliphatic heterocycles. The van der Waals surface area contributed by atoms with E-state index in [1.165, 1.54) is 0 Å². The highest BCUT2D eigenvalue weighted by molar-refractivity contribution is 5.78. The number of carbonyl (C=O) groups is 1. The molecule has 0 amide bonds. The molecule has 1 fully saturated rings. The summed E-state index contributed by atoms with van der Waals surface area (Å²) >= 11 is 0. The van der Waals surface area contributed by atoms with Crippen molar-refractivity contribution in [3.8, 4) is 11.5 Å². The fourth-order valence-corrected chi connectivity index (χ4v) is 2.06. The summed E-state index contributed by atoms with van der Waals surface area (Å²) in [5.41, 5.74) is 0.236. The van der Waals surface area contributed by atoms with Crippen molar-refractivity contribution in [3.05, 3.63) is 23.8 Å². The highest BCUT2D eigenvalue weighted by atomic mass is 16.5. The van der Waals surface area contributed by atoms with Crippen LogP contribution in [0.1, 0.15) is 18.4 Å². The standard InChI is InChI=1S/C13H16O4/c1-16-10-4-3-5-11(17-2)9(10)8-13(6-7-13)12(14)15/h3-5H,6-8H2,1-2H3,(H,14,15). The topological polar surface area (TPSA) is 55.8 Å². The van der Waals surface area contributed by atoms with Crippen LogP contribution in [0.25, 0.3) is 0 Å². The fraction of sp³-hybridized carbons (Fsp3) is 0.462. The van der Waals surface area contributed by atoms with Crippen LogP contribution in [0.5, 0.6) is 11.5 Å². The van der Waals surface area contributed by atoms with E-state index >= 15 is 0 Å². The lowest BCUT2D eigenvalue weighted by atomic mass is 9.95. The minimum absolute atomic E-state index is 0.468. The van der Waals surface area contributed by atoms with Crippen LogP contribution in [-0.2, 0) is 11.2 Å². The average molecular weight is 236 g/mol. The molecule has 0 saturated heterocycles. The number of rotatable bonds is 5. The van der Waals surface area contributed by atoms with Crippen molar-refractivity contribution in [2.45, 2.75) is 19.3 Å². The van der Waals surface area contributed by atoms with Crippen molar-refractivity contribution < 1.29 is 19.4 Å². The number of aliphatic carboxylic acids is 1. The Balaban J connectivity index is 2.34. The summed E-state index contributed by atoms with van der Waals surface area (Å²) in [7, 11) is 3.16. The summed E-state index contributed by atoms with van der Waals surface area (Å²) in [5, 5.41) is 9.21. The van der Waals surface area contributed by atoms with Gasteiger partial charge < -0.3 is 14.6 Å². The van der Waals surface area contributed by atoms with Crippen LogP contribution < -0.4 is 9.47 Å². The lowest BCUT2D eigenvalue weighted by molar-refractivity contribution is -0.143. The zero-order chi connectivity index (χ0) is 12.5. The Labute approximate surface area is 100 Å². The molecule has 0 bridgehead atoms. The minimum atomic E-state index is -0.731. The van der Waals surface area contributed by atoms with Gasteiger partial charge in [-0.3, -0.25) is 4.79 Å². The first-order valence-corrected chi connectivity index (χ1v) is 5.56. The molecule has 0 unspecified atom stereocenters. The molecule has 1 saturated carbocycles. The highest BCUT2D eigenvalue weighted by Gasteiger charge is 2.50. The third-order valence-corrected chi connectivity index (χ3v) is 3.35. The van der Waals surface area contributed by atoms with Crippen molar-refractivity contribution in [1.82, 2.24) is 0 Å². The van der Waals surface area contributed by atoms with Crippen LogP contribution in [0.3, 0.4) is 0 Å². The lowest BCUT2D eigenvalue weighted by Gasteiger charge is -2.16. The van der Waals surface area contributed by atoms with Gasteiger partial charge >= 0.3 is 5.97 Å². The molecule has 0 spiro atoms. The molecular formula is C13H16O4. The third-order valence-electron chi connectivity index (χ3n) is 3.35. The summed E-state index contributed by atoms with van der Waals surface area (Å²) in [6.45, 7) is 0. The van der Waals surface area contributed by atoms with Crippen LogP contribution >= 0.6 is 0 Å². The Morgan fingerprint density at radius 3 is 2.18 bits per heavy atom. The quantitative estimate of drug-likeness (QED) is 0.850. The number of benzene rings is 1. The monoisotopic (exact) mass is 236 g/mol. The molecule has 1 aromatic rings. The van der Waals surface area contributed by atoms with E-state index in [0.717, 1.165) is 18.4 Å². The summed E-state index contributed by atoms with van der Waals surface area (Å²) in [6.07, 6.45) is 1.92. The summed E-state index contributed by atoms with van der Waals surface area (Å²) in [5.74, 6) is 0.652. The van der Waals surface area contributed by atoms with Crippen LogP contribution in [0, 0.1) is 5.41 Å². The van der Waals surface area contributed by atoms with Crippen molar-refractivity contribution in [2.24, 2.45) is 5.41 Å². The van der Waals surface area contributed by atoms with E-state index in [-0.39, 0.29) is 0 Å². The summed E-state index contributed by atoms with van der Waals surface area (Å²) in [4.78, 5) is 11.2. The van der Waals surface area contributed by atoms with Crippen molar-refractivity contribution in [2.75, 3.05) is 14.2 Å². The molecular weight excluding hydrogens is 220 g/mol. The Morgan fingerprint density at radius 2 is 1.82 bits per heavy atom. The van der Waals surface area contributed by atoms with Crippen LogP contribution in [0.15, 0.2) is 18.2 Å². The molecule has 0 heterocycles. The van der Waals surface area contributed by atoms with E-state index in [1.54, 1.807) is 14.2 Å². The normalized spacial score (nSPS) is 16.4. The van der Waals surface area contributed by atoms with Gasteiger partial charge in [-0.05, 0) is 31.4 Å². The maximum Gasteiger partial charge on any atom is 0.309 e. The smallest absolute Gasteiger partial charge is 0.309 e. The van der Waals surface area contributed by atoms with Crippen molar-refractivity contribution in [1.29, 1.82) is 0 Å². The van der Waals surface area contributed by atoms with E-state index in [0.29, 0.717) is 17.9 Å². The van der Waals surface area contributed by atoms with Gasteiger partial charge in [-0.15, -0.1) is 0 Å². The van der Waals surface area contributed by atoms with Crippen LogP contribution in [0.2, 0.25) is 0 Å². The van der Waals surface area contributed by atoms with Gasteiger partial charge in [-0.1, -0.05) is 6.07 Å². The number of carboxylic acids is 1. The van der Waals surface area contributed by atoms with E-state index in [4.69, 9.17) is 9.47 Å². The largest absolute Gasteiger partial charge is 0.496 e. The Morgan fingerprint density at radius 1 is 1.29 bits per heavy atom. The molecule has 17 heavy (non-hydrogen) atoms. The second kappa shape index (κ2) is 4.28. The number of ether oxygens (including phenoxy) is 2. The molecule has 0 aromatic heterocycles. The number of hydrogen-bond acceptors (Lipinski definition) is 3. The van der Waals surface area contributed by atoms with Gasteiger partial charge in [-0.2, -0.15) is 0 Å². The molecule has 1 N–H and O–H groups in total. The zero-order valence-corrected chi connectivity index (χ0v) is 10.0. The van der Waals surface area contributed by atoms with Gasteiger partial charge in [0.15, 0.2) is 0 Å². The van der Waals surface area contributed by atoms with Crippen LogP contribution in [0.4, 0.5) is 0 Å². The van der Waals surface area contributed by atoms with Crippen molar-refractivity contribution in [3.63, 3.8) is 0 Å². The predicted molar refractivity (Wildman–Crippen MR) is 62.6 cm³/mol. The third kappa shape index (κ3) is 2.07. The van der Waals surface area contributed by atoms with E-state index in [9.17, 15) is 9.90 Å². The van der Waals surface area contributed by atoms with Gasteiger partial charge in [0, 0.05) is 5.56 Å². The highest BCUT2D eigenvalue weighted by Crippen LogP contribution is 2.51. The number of methoxy groups -OCH3 is 2. The minimum Gasteiger partial charge on any atom is -0.496 e. The van der Waals surface area contributed by atoms with E-state index in [1.807, 2.05) is 18.2 Å². The lowest BCUT2D eigenvalue weighted by Crippen LogP contribution is -2.18. The van der Waals surface area contributed by atoms with Gasteiger partial charge in [0.2, 0.25) is 0 Å². The molecule has 4 heteroatoms. The van der Waals surface area contributed by atoms with Gasteiger partial charge in [-0.25, -0.2) is 0 Å². The van der Waals surface area contributed by atoms with Gasteiger partial charge in [0.25, 0.3) is 0 Å². The summed E-state index contributed by atoms with van der Waals surface area (Å²) < 4.78 is 10.5. The first kappa shape index (κ1) is 11.8. The zero-order valence-electron chi connectivity index (χ0n) is 10.0. The number of carboxylic acid groups (broad SMARTS) is 1. The SMILES string of the molecule is COc1cccc(OC)c1CC1(C(=O)O)CC1. The van der Waals surface area contributed by atoms with E-state index < -0.39 is 11.4 Å². The Kier molecular flexibility index (Phi) is 2.96. The Hall–Kier alpha value is -1.71. The number of hydrogen-bond donors (Lipinski definition) is 1. The first-order chi connectivity index (χ1) is 8.13. The first-order valence-electron chi connectivity index (χ1n) is 5.56. The molecule has 4 nitrogen and oxygen atoms in total. The molecule has 92 valence electrons. The molecule has 0 atom stereocenters. The second-order valence-electron chi connectivity index (χ2n) is 4.40. The molecule has 1 aromatic carbocycles. The molecule has 1 aliphatic rings. The van der Waals surface area contributed by atoms with Gasteiger partial charge in [0.1, 0.15) is 11.5 Å². The summed E-state index contributed by atoms with van der Waals surface area (Å²) in [6, 6.07) is 5.49. The van der Waals surface area contributed by atoms with Crippen molar-refractivity contribution >= 4 is 5.97 Å². The van der Waals surface area contributed by atoms with Crippen LogP contribution in [-0.4, -0.2) is 25.3 Å². The molecule has 2 rings (SSSR count). The van der Waals surface area contributed by atoms with E-state index in [2.05, 4.69) is 0 Å². The van der Waals surface area contributed by atoms with Gasteiger partial charge in [0.05, 0.1) is 19.6 Å². The maximum atomic E-state index is 11.2. The maximum absolute atomic E-state index is 11.2. The second-order valence-corrected chi connectivity index (χ2v) is 4.40. The Bertz CT molecular complexity index is 413.